The number of nitrogens with zero attached hydrogens (tertiary/aromatic N) is 2. The minimum atomic E-state index is -3.87. The molecule has 0 aromatic heterocycles. The molecular weight excluding hydrogens is 611 g/mol. The van der Waals surface area contributed by atoms with E-state index in [0.29, 0.717) is 24.5 Å². The third-order valence-electron chi connectivity index (χ3n) is 8.47. The summed E-state index contributed by atoms with van der Waals surface area (Å²) in [7, 11) is -3.87. The van der Waals surface area contributed by atoms with E-state index in [1.807, 2.05) is 91.0 Å². The first-order valence-electron chi connectivity index (χ1n) is 16.2. The van der Waals surface area contributed by atoms with Crippen LogP contribution in [0.3, 0.4) is 0 Å². The summed E-state index contributed by atoms with van der Waals surface area (Å²) in [5.74, 6) is -0.121. The second-order valence-corrected chi connectivity index (χ2v) is 14.0. The quantitative estimate of drug-likeness (QED) is 0.177. The van der Waals surface area contributed by atoms with Crippen molar-refractivity contribution >= 4 is 27.5 Å². The topological polar surface area (TPSA) is 96.0 Å². The van der Waals surface area contributed by atoms with Gasteiger partial charge >= 0.3 is 0 Å². The molecule has 246 valence electrons. The van der Waals surface area contributed by atoms with Crippen LogP contribution in [0.5, 0.6) is 5.75 Å². The van der Waals surface area contributed by atoms with E-state index in [0.717, 1.165) is 59.4 Å². The summed E-state index contributed by atoms with van der Waals surface area (Å²) in [5, 5.41) is 3.23. The van der Waals surface area contributed by atoms with Crippen LogP contribution in [0.2, 0.25) is 0 Å². The summed E-state index contributed by atoms with van der Waals surface area (Å²) < 4.78 is 33.3. The Balaban J connectivity index is 1.41. The van der Waals surface area contributed by atoms with E-state index in [1.54, 1.807) is 24.3 Å². The normalized spacial score (nSPS) is 14.1. The van der Waals surface area contributed by atoms with Crippen molar-refractivity contribution in [1.82, 2.24) is 10.2 Å². The Morgan fingerprint density at radius 3 is 1.89 bits per heavy atom. The largest absolute Gasteiger partial charge is 0.489 e. The number of anilines is 1. The maximum Gasteiger partial charge on any atom is 0.244 e. The zero-order valence-electron chi connectivity index (χ0n) is 26.8. The van der Waals surface area contributed by atoms with Crippen LogP contribution in [0.4, 0.5) is 5.69 Å². The summed E-state index contributed by atoms with van der Waals surface area (Å²) in [6.07, 6.45) is 6.45. The van der Waals surface area contributed by atoms with Gasteiger partial charge < -0.3 is 15.0 Å². The van der Waals surface area contributed by atoms with Gasteiger partial charge in [-0.25, -0.2) is 8.42 Å². The summed E-state index contributed by atoms with van der Waals surface area (Å²) in [6.45, 7) is 0.0612. The van der Waals surface area contributed by atoms with Crippen LogP contribution in [0.25, 0.3) is 0 Å². The molecule has 2 amide bonds. The van der Waals surface area contributed by atoms with Gasteiger partial charge in [0.05, 0.1) is 11.9 Å². The molecule has 0 spiro atoms. The molecule has 1 saturated carbocycles. The number of amides is 2. The van der Waals surface area contributed by atoms with Crippen LogP contribution in [0.1, 0.15) is 48.8 Å². The maximum atomic E-state index is 14.3. The Hall–Kier alpha value is -4.63. The number of carbonyl (C=O) groups excluding carboxylic acids is 2. The van der Waals surface area contributed by atoms with Crippen LogP contribution >= 0.6 is 0 Å². The molecule has 5 rings (SSSR count). The highest BCUT2D eigenvalue weighted by Crippen LogP contribution is 2.24. The first-order chi connectivity index (χ1) is 22.8. The fraction of sp³-hybridized carbons (Fsp3) is 0.316. The van der Waals surface area contributed by atoms with Crippen LogP contribution in [-0.2, 0) is 39.2 Å². The number of carbonyl (C=O) groups is 2. The van der Waals surface area contributed by atoms with Crippen LogP contribution in [-0.4, -0.2) is 50.0 Å². The highest BCUT2D eigenvalue weighted by atomic mass is 32.2. The van der Waals surface area contributed by atoms with E-state index in [4.69, 9.17) is 4.74 Å². The third-order valence-corrected chi connectivity index (χ3v) is 9.61. The molecule has 4 aromatic carbocycles. The molecule has 1 N–H and O–H groups in total. The van der Waals surface area contributed by atoms with Gasteiger partial charge in [0.15, 0.2) is 0 Å². The number of hydrogen-bond donors (Lipinski definition) is 1. The lowest BCUT2D eigenvalue weighted by molar-refractivity contribution is -0.140. The van der Waals surface area contributed by atoms with Gasteiger partial charge in [0, 0.05) is 19.0 Å². The van der Waals surface area contributed by atoms with Gasteiger partial charge in [-0.1, -0.05) is 110 Å². The standard InChI is InChI=1S/C38H43N3O5S/c1-47(44,45)41(34-22-24-35(25-23-34)46-29-32-18-10-4-11-19-32)28-37(42)40(27-31-16-8-3-9-17-31)36(26-30-14-6-2-7-15-30)38(43)39-33-20-12-5-13-21-33/h2-4,6-11,14-19,22-25,33,36H,5,12-13,20-21,26-29H2,1H3,(H,39,43)/t36-/m0/s1. The molecule has 1 fully saturated rings. The lowest BCUT2D eigenvalue weighted by Gasteiger charge is -2.35. The third kappa shape index (κ3) is 9.93. The van der Waals surface area contributed by atoms with Gasteiger partial charge in [-0.05, 0) is 53.8 Å². The highest BCUT2D eigenvalue weighted by Gasteiger charge is 2.34. The first-order valence-corrected chi connectivity index (χ1v) is 18.0. The molecular formula is C38H43N3O5S. The molecule has 1 atom stereocenters. The predicted molar refractivity (Wildman–Crippen MR) is 185 cm³/mol. The Bertz CT molecular complexity index is 1680. The van der Waals surface area contributed by atoms with Gasteiger partial charge in [0.1, 0.15) is 24.9 Å². The molecule has 0 heterocycles. The van der Waals surface area contributed by atoms with Crippen molar-refractivity contribution in [3.8, 4) is 5.75 Å². The maximum absolute atomic E-state index is 14.3. The van der Waals surface area contributed by atoms with Crippen molar-refractivity contribution in [3.05, 3.63) is 132 Å². The van der Waals surface area contributed by atoms with E-state index >= 15 is 0 Å². The second kappa shape index (κ2) is 16.3. The molecule has 0 bridgehead atoms. The predicted octanol–water partition coefficient (Wildman–Crippen LogP) is 6.12. The van der Waals surface area contributed by atoms with Gasteiger partial charge in [0.25, 0.3) is 0 Å². The van der Waals surface area contributed by atoms with E-state index in [2.05, 4.69) is 5.32 Å². The molecule has 4 aromatic rings. The van der Waals surface area contributed by atoms with Gasteiger partial charge in [0.2, 0.25) is 21.8 Å². The van der Waals surface area contributed by atoms with E-state index in [1.165, 1.54) is 4.90 Å². The fourth-order valence-electron chi connectivity index (χ4n) is 5.94. The fourth-order valence-corrected chi connectivity index (χ4v) is 6.79. The Kier molecular flexibility index (Phi) is 11.7. The first kappa shape index (κ1) is 33.7. The smallest absolute Gasteiger partial charge is 0.244 e. The zero-order valence-corrected chi connectivity index (χ0v) is 27.6. The highest BCUT2D eigenvalue weighted by molar-refractivity contribution is 7.92. The van der Waals surface area contributed by atoms with Crippen molar-refractivity contribution < 1.29 is 22.7 Å². The number of benzene rings is 4. The number of ether oxygens (including phenoxy) is 1. The molecule has 0 radical (unpaired) electrons. The van der Waals surface area contributed by atoms with Crippen molar-refractivity contribution in [2.45, 2.75) is 63.8 Å². The summed E-state index contributed by atoms with van der Waals surface area (Å²) in [6, 6.07) is 34.7. The molecule has 9 heteroatoms. The average Bonchev–Trinajstić information content (AvgIpc) is 3.09. The minimum absolute atomic E-state index is 0.0540. The number of sulfonamides is 1. The van der Waals surface area contributed by atoms with E-state index in [-0.39, 0.29) is 18.5 Å². The number of nitrogens with one attached hydrogen (secondary N) is 1. The van der Waals surface area contributed by atoms with E-state index in [9.17, 15) is 18.0 Å². The summed E-state index contributed by atoms with van der Waals surface area (Å²) >= 11 is 0. The van der Waals surface area contributed by atoms with Crippen molar-refractivity contribution in [3.63, 3.8) is 0 Å². The molecule has 0 aliphatic heterocycles. The Morgan fingerprint density at radius 1 is 0.766 bits per heavy atom. The van der Waals surface area contributed by atoms with Gasteiger partial charge in [-0.3, -0.25) is 13.9 Å². The van der Waals surface area contributed by atoms with E-state index < -0.39 is 28.5 Å². The zero-order chi connectivity index (χ0) is 33.1. The van der Waals surface area contributed by atoms with Crippen LogP contribution in [0.15, 0.2) is 115 Å². The van der Waals surface area contributed by atoms with Crippen molar-refractivity contribution in [2.24, 2.45) is 0 Å². The van der Waals surface area contributed by atoms with Gasteiger partial charge in [-0.15, -0.1) is 0 Å². The SMILES string of the molecule is CS(=O)(=O)N(CC(=O)N(Cc1ccccc1)[C@@H](Cc1ccccc1)C(=O)NC1CCCCC1)c1ccc(OCc2ccccc2)cc1. The molecule has 1 aliphatic rings. The van der Waals surface area contributed by atoms with Crippen molar-refractivity contribution in [2.75, 3.05) is 17.1 Å². The molecule has 0 saturated heterocycles. The Labute approximate surface area is 278 Å². The van der Waals surface area contributed by atoms with Crippen LogP contribution in [0, 0.1) is 0 Å². The van der Waals surface area contributed by atoms with Gasteiger partial charge in [-0.2, -0.15) is 0 Å². The molecule has 8 nitrogen and oxygen atoms in total. The molecule has 47 heavy (non-hydrogen) atoms. The lowest BCUT2D eigenvalue weighted by Crippen LogP contribution is -2.55. The second-order valence-electron chi connectivity index (χ2n) is 12.1. The summed E-state index contributed by atoms with van der Waals surface area (Å²) in [4.78, 5) is 29.9. The van der Waals surface area contributed by atoms with Crippen LogP contribution < -0.4 is 14.4 Å². The number of rotatable bonds is 14. The molecule has 1 aliphatic carbocycles. The lowest BCUT2D eigenvalue weighted by atomic mass is 9.94. The van der Waals surface area contributed by atoms with Crippen molar-refractivity contribution in [1.29, 1.82) is 0 Å². The minimum Gasteiger partial charge on any atom is -0.489 e. The number of hydrogen-bond acceptors (Lipinski definition) is 5. The molecule has 0 unspecified atom stereocenters. The average molecular weight is 654 g/mol. The summed E-state index contributed by atoms with van der Waals surface area (Å²) in [5.41, 5.74) is 3.10. The monoisotopic (exact) mass is 653 g/mol. The Morgan fingerprint density at radius 2 is 1.32 bits per heavy atom.